The number of hydrogen-bond acceptors (Lipinski definition) is 5. The molecule has 0 aliphatic heterocycles. The van der Waals surface area contributed by atoms with Crippen LogP contribution in [0.25, 0.3) is 0 Å². The maximum atomic E-state index is 13.3. The monoisotopic (exact) mass is 436 g/mol. The van der Waals surface area contributed by atoms with Crippen LogP contribution < -0.4 is 26.6 Å². The lowest BCUT2D eigenvalue weighted by Gasteiger charge is -2.24. The predicted molar refractivity (Wildman–Crippen MR) is 125 cm³/mol. The first-order chi connectivity index (χ1) is 15.4. The second kappa shape index (κ2) is 10.5. The van der Waals surface area contributed by atoms with Gasteiger partial charge in [-0.1, -0.05) is 55.8 Å². The van der Waals surface area contributed by atoms with Crippen LogP contribution in [-0.2, 0) is 17.8 Å². The summed E-state index contributed by atoms with van der Waals surface area (Å²) in [5.74, 6) is 0.329. The van der Waals surface area contributed by atoms with Gasteiger partial charge in [0, 0.05) is 6.54 Å². The molecule has 0 atom stereocenters. The maximum Gasteiger partial charge on any atom is 0.330 e. The van der Waals surface area contributed by atoms with E-state index in [1.165, 1.54) is 9.47 Å². The molecule has 8 nitrogen and oxygen atoms in total. The highest BCUT2D eigenvalue weighted by Gasteiger charge is 2.24. The number of nitrogens with zero attached hydrogens (tertiary/aromatic N) is 2. The molecule has 2 aromatic carbocycles. The number of nitrogens with two attached hydrogens (primary N) is 1. The third kappa shape index (κ3) is 5.26. The minimum atomic E-state index is -0.674. The molecule has 0 fully saturated rings. The number of aromatic amines is 1. The van der Waals surface area contributed by atoms with Crippen molar-refractivity contribution in [3.8, 4) is 5.75 Å². The van der Waals surface area contributed by atoms with Crippen LogP contribution in [-0.4, -0.2) is 29.1 Å². The Hall–Kier alpha value is -3.81. The van der Waals surface area contributed by atoms with Gasteiger partial charge in [0.15, 0.2) is 5.69 Å². The summed E-state index contributed by atoms with van der Waals surface area (Å²) in [7, 11) is 1.56. The molecule has 0 bridgehead atoms. The van der Waals surface area contributed by atoms with E-state index in [2.05, 4.69) is 4.98 Å². The molecule has 3 aromatic rings. The second-order valence-electron chi connectivity index (χ2n) is 7.49. The van der Waals surface area contributed by atoms with Crippen LogP contribution in [0, 0.1) is 0 Å². The lowest BCUT2D eigenvalue weighted by atomic mass is 10.1. The first-order valence-corrected chi connectivity index (χ1v) is 10.5. The summed E-state index contributed by atoms with van der Waals surface area (Å²) in [4.78, 5) is 42.2. The van der Waals surface area contributed by atoms with E-state index < -0.39 is 11.2 Å². The minimum Gasteiger partial charge on any atom is -0.497 e. The quantitative estimate of drug-likeness (QED) is 0.536. The molecule has 3 N–H and O–H groups in total. The molecule has 0 aliphatic carbocycles. The molecule has 0 unspecified atom stereocenters. The van der Waals surface area contributed by atoms with Gasteiger partial charge >= 0.3 is 5.69 Å². The SMILES string of the molecule is CCCCN(C(=O)Cc1cccc(OC)c1)c1c(N)n(Cc2ccccc2)c(=O)[nH]c1=O. The number of aromatic nitrogens is 2. The normalized spacial score (nSPS) is 10.7. The highest BCUT2D eigenvalue weighted by atomic mass is 16.5. The smallest absolute Gasteiger partial charge is 0.330 e. The van der Waals surface area contributed by atoms with E-state index in [4.69, 9.17) is 10.5 Å². The van der Waals surface area contributed by atoms with Crippen LogP contribution in [0.15, 0.2) is 64.2 Å². The maximum absolute atomic E-state index is 13.3. The molecule has 0 saturated heterocycles. The highest BCUT2D eigenvalue weighted by Crippen LogP contribution is 2.21. The Kier molecular flexibility index (Phi) is 7.49. The summed E-state index contributed by atoms with van der Waals surface area (Å²) in [6.07, 6.45) is 1.57. The molecule has 1 aromatic heterocycles. The van der Waals surface area contributed by atoms with Crippen molar-refractivity contribution in [1.82, 2.24) is 9.55 Å². The zero-order chi connectivity index (χ0) is 23.1. The van der Waals surface area contributed by atoms with Crippen molar-refractivity contribution in [2.75, 3.05) is 24.3 Å². The zero-order valence-corrected chi connectivity index (χ0v) is 18.3. The summed E-state index contributed by atoms with van der Waals surface area (Å²) in [5.41, 5.74) is 6.63. The molecule has 1 heterocycles. The number of methoxy groups -OCH3 is 1. The van der Waals surface area contributed by atoms with Crippen molar-refractivity contribution in [1.29, 1.82) is 0 Å². The number of amides is 1. The van der Waals surface area contributed by atoms with Crippen LogP contribution in [0.1, 0.15) is 30.9 Å². The number of nitrogen functional groups attached to an aromatic ring is 1. The van der Waals surface area contributed by atoms with Crippen LogP contribution in [0.4, 0.5) is 11.5 Å². The number of unbranched alkanes of at least 4 members (excludes halogenated alkanes) is 1. The number of H-pyrrole nitrogens is 1. The summed E-state index contributed by atoms with van der Waals surface area (Å²) < 4.78 is 6.51. The largest absolute Gasteiger partial charge is 0.497 e. The van der Waals surface area contributed by atoms with Crippen LogP contribution in [0.5, 0.6) is 5.75 Å². The van der Waals surface area contributed by atoms with Gasteiger partial charge in [-0.25, -0.2) is 4.79 Å². The van der Waals surface area contributed by atoms with Crippen molar-refractivity contribution >= 4 is 17.4 Å². The van der Waals surface area contributed by atoms with Gasteiger partial charge in [-0.15, -0.1) is 0 Å². The number of carbonyl (C=O) groups excluding carboxylic acids is 1. The van der Waals surface area contributed by atoms with Crippen LogP contribution in [0.3, 0.4) is 0 Å². The minimum absolute atomic E-state index is 0.00174. The molecule has 32 heavy (non-hydrogen) atoms. The third-order valence-corrected chi connectivity index (χ3v) is 5.19. The van der Waals surface area contributed by atoms with E-state index >= 15 is 0 Å². The van der Waals surface area contributed by atoms with Crippen molar-refractivity contribution in [3.05, 3.63) is 86.6 Å². The summed E-state index contributed by atoms with van der Waals surface area (Å²) in [6.45, 7) is 2.49. The Morgan fingerprint density at radius 2 is 1.81 bits per heavy atom. The van der Waals surface area contributed by atoms with Crippen molar-refractivity contribution in [2.24, 2.45) is 0 Å². The van der Waals surface area contributed by atoms with E-state index in [9.17, 15) is 14.4 Å². The standard InChI is InChI=1S/C24H28N4O4/c1-3-4-13-27(20(29)15-18-11-8-12-19(14-18)32-2)21-22(25)28(24(31)26-23(21)30)16-17-9-6-5-7-10-17/h5-12,14H,3-4,13,15-16,25H2,1-2H3,(H,26,30,31). The van der Waals surface area contributed by atoms with Crippen molar-refractivity contribution in [2.45, 2.75) is 32.7 Å². The fraction of sp³-hybridized carbons (Fsp3) is 0.292. The first kappa shape index (κ1) is 22.9. The molecule has 3 rings (SSSR count). The molecular weight excluding hydrogens is 408 g/mol. The van der Waals surface area contributed by atoms with Gasteiger partial charge in [0.05, 0.1) is 20.1 Å². The predicted octanol–water partition coefficient (Wildman–Crippen LogP) is 2.55. The molecular formula is C24H28N4O4. The van der Waals surface area contributed by atoms with E-state index in [1.54, 1.807) is 25.3 Å². The number of ether oxygens (including phenoxy) is 1. The zero-order valence-electron chi connectivity index (χ0n) is 18.3. The number of hydrogen-bond donors (Lipinski definition) is 2. The average Bonchev–Trinajstić information content (AvgIpc) is 2.79. The van der Waals surface area contributed by atoms with Gasteiger partial charge in [0.25, 0.3) is 5.56 Å². The topological polar surface area (TPSA) is 110 Å². The average molecular weight is 437 g/mol. The van der Waals surface area contributed by atoms with E-state index in [1.807, 2.05) is 43.3 Å². The number of anilines is 2. The van der Waals surface area contributed by atoms with Gasteiger partial charge in [-0.05, 0) is 29.7 Å². The van der Waals surface area contributed by atoms with Gasteiger partial charge in [-0.3, -0.25) is 19.1 Å². The first-order valence-electron chi connectivity index (χ1n) is 10.5. The lowest BCUT2D eigenvalue weighted by molar-refractivity contribution is -0.118. The Balaban J connectivity index is 2.00. The Morgan fingerprint density at radius 3 is 2.50 bits per heavy atom. The number of benzene rings is 2. The molecule has 1 amide bonds. The van der Waals surface area contributed by atoms with Gasteiger partial charge in [-0.2, -0.15) is 0 Å². The highest BCUT2D eigenvalue weighted by molar-refractivity contribution is 5.96. The van der Waals surface area contributed by atoms with E-state index in [0.29, 0.717) is 18.7 Å². The molecule has 8 heteroatoms. The summed E-state index contributed by atoms with van der Waals surface area (Å²) >= 11 is 0. The fourth-order valence-corrected chi connectivity index (χ4v) is 3.49. The molecule has 0 radical (unpaired) electrons. The fourth-order valence-electron chi connectivity index (χ4n) is 3.49. The van der Waals surface area contributed by atoms with E-state index in [0.717, 1.165) is 17.5 Å². The van der Waals surface area contributed by atoms with E-state index in [-0.39, 0.29) is 30.4 Å². The second-order valence-corrected chi connectivity index (χ2v) is 7.49. The molecule has 0 aliphatic rings. The summed E-state index contributed by atoms with van der Waals surface area (Å²) in [5, 5.41) is 0. The van der Waals surface area contributed by atoms with Crippen molar-refractivity contribution < 1.29 is 9.53 Å². The van der Waals surface area contributed by atoms with Crippen LogP contribution >= 0.6 is 0 Å². The van der Waals surface area contributed by atoms with Crippen LogP contribution in [0.2, 0.25) is 0 Å². The number of rotatable bonds is 9. The number of nitrogens with one attached hydrogen (secondary N) is 1. The van der Waals surface area contributed by atoms with Gasteiger partial charge in [0.1, 0.15) is 11.6 Å². The Bertz CT molecular complexity index is 1180. The molecule has 0 spiro atoms. The Morgan fingerprint density at radius 1 is 1.09 bits per heavy atom. The lowest BCUT2D eigenvalue weighted by Crippen LogP contribution is -2.42. The third-order valence-electron chi connectivity index (χ3n) is 5.19. The van der Waals surface area contributed by atoms with Crippen molar-refractivity contribution in [3.63, 3.8) is 0 Å². The molecule has 168 valence electrons. The van der Waals surface area contributed by atoms with Gasteiger partial charge in [0.2, 0.25) is 5.91 Å². The molecule has 0 saturated carbocycles. The number of carbonyl (C=O) groups is 1. The van der Waals surface area contributed by atoms with Gasteiger partial charge < -0.3 is 15.4 Å². The summed E-state index contributed by atoms with van der Waals surface area (Å²) in [6, 6.07) is 16.5. The Labute approximate surface area is 186 Å².